The smallest absolute Gasteiger partial charge is 0.201 e. The summed E-state index contributed by atoms with van der Waals surface area (Å²) in [4.78, 5) is 2.68. The SMILES string of the molecule is COc1ccc(CCCN=[N+]=[N-])c(OC)c1O. The summed E-state index contributed by atoms with van der Waals surface area (Å²) in [5.41, 5.74) is 9.01. The molecule has 0 spiro atoms. The first-order valence-electron chi connectivity index (χ1n) is 5.18. The zero-order chi connectivity index (χ0) is 12.7. The Labute approximate surface area is 99.4 Å². The van der Waals surface area contributed by atoms with Crippen molar-refractivity contribution in [2.45, 2.75) is 12.8 Å². The van der Waals surface area contributed by atoms with E-state index in [1.54, 1.807) is 6.07 Å². The third kappa shape index (κ3) is 3.19. The molecule has 0 aromatic heterocycles. The van der Waals surface area contributed by atoms with Crippen LogP contribution in [0, 0.1) is 0 Å². The second kappa shape index (κ2) is 6.50. The third-order valence-corrected chi connectivity index (χ3v) is 2.37. The number of aromatic hydroxyl groups is 1. The second-order valence-electron chi connectivity index (χ2n) is 3.37. The largest absolute Gasteiger partial charge is 0.502 e. The van der Waals surface area contributed by atoms with Gasteiger partial charge in [0.15, 0.2) is 11.5 Å². The number of methoxy groups -OCH3 is 2. The summed E-state index contributed by atoms with van der Waals surface area (Å²) in [6.45, 7) is 0.423. The minimum Gasteiger partial charge on any atom is -0.502 e. The van der Waals surface area contributed by atoms with Crippen molar-refractivity contribution >= 4 is 0 Å². The molecular formula is C11H15N3O3. The summed E-state index contributed by atoms with van der Waals surface area (Å²) in [6, 6.07) is 3.51. The summed E-state index contributed by atoms with van der Waals surface area (Å²) >= 11 is 0. The van der Waals surface area contributed by atoms with Crippen LogP contribution in [0.5, 0.6) is 17.2 Å². The molecule has 0 radical (unpaired) electrons. The number of hydrogen-bond acceptors (Lipinski definition) is 4. The third-order valence-electron chi connectivity index (χ3n) is 2.37. The van der Waals surface area contributed by atoms with Crippen LogP contribution in [0.3, 0.4) is 0 Å². The Balaban J connectivity index is 2.84. The van der Waals surface area contributed by atoms with Crippen LogP contribution in [0.15, 0.2) is 17.2 Å². The van der Waals surface area contributed by atoms with Gasteiger partial charge in [0.25, 0.3) is 0 Å². The average molecular weight is 237 g/mol. The molecule has 0 amide bonds. The van der Waals surface area contributed by atoms with Gasteiger partial charge < -0.3 is 14.6 Å². The standard InChI is InChI=1S/C11H15N3O3/c1-16-9-6-5-8(4-3-7-13-14-12)11(17-2)10(9)15/h5-6,15H,3-4,7H2,1-2H3. The zero-order valence-corrected chi connectivity index (χ0v) is 9.88. The Bertz CT molecular complexity index is 428. The molecule has 0 saturated heterocycles. The predicted octanol–water partition coefficient (Wildman–Crippen LogP) is 2.65. The molecule has 1 aromatic carbocycles. The highest BCUT2D eigenvalue weighted by molar-refractivity contribution is 5.54. The van der Waals surface area contributed by atoms with Gasteiger partial charge in [-0.15, -0.1) is 0 Å². The van der Waals surface area contributed by atoms with E-state index >= 15 is 0 Å². The van der Waals surface area contributed by atoms with Crippen molar-refractivity contribution in [2.75, 3.05) is 20.8 Å². The maximum Gasteiger partial charge on any atom is 0.201 e. The first-order chi connectivity index (χ1) is 8.24. The van der Waals surface area contributed by atoms with Gasteiger partial charge in [-0.1, -0.05) is 11.2 Å². The van der Waals surface area contributed by atoms with E-state index in [1.165, 1.54) is 14.2 Å². The molecule has 17 heavy (non-hydrogen) atoms. The molecule has 6 heteroatoms. The summed E-state index contributed by atoms with van der Waals surface area (Å²) in [7, 11) is 2.97. The Morgan fingerprint density at radius 3 is 2.71 bits per heavy atom. The normalized spacial score (nSPS) is 9.53. The molecule has 0 atom stereocenters. The average Bonchev–Trinajstić information content (AvgIpc) is 2.35. The van der Waals surface area contributed by atoms with Gasteiger partial charge in [-0.25, -0.2) is 0 Å². The van der Waals surface area contributed by atoms with Crippen LogP contribution in [0.25, 0.3) is 10.4 Å². The Morgan fingerprint density at radius 2 is 2.12 bits per heavy atom. The Kier molecular flexibility index (Phi) is 4.97. The molecule has 1 aromatic rings. The molecule has 0 saturated carbocycles. The Hall–Kier alpha value is -2.07. The molecule has 1 N–H and O–H groups in total. The molecule has 6 nitrogen and oxygen atoms in total. The fourth-order valence-corrected chi connectivity index (χ4v) is 1.57. The maximum absolute atomic E-state index is 9.84. The van der Waals surface area contributed by atoms with Crippen LogP contribution in [-0.4, -0.2) is 25.9 Å². The van der Waals surface area contributed by atoms with Gasteiger partial charge in [0, 0.05) is 11.5 Å². The number of benzene rings is 1. The molecule has 1 rings (SSSR count). The number of azide groups is 1. The van der Waals surface area contributed by atoms with Crippen LogP contribution in [0.1, 0.15) is 12.0 Å². The van der Waals surface area contributed by atoms with Crippen molar-refractivity contribution in [3.8, 4) is 17.2 Å². The number of aryl methyl sites for hydroxylation is 1. The molecule has 92 valence electrons. The van der Waals surface area contributed by atoms with E-state index in [9.17, 15) is 5.11 Å². The summed E-state index contributed by atoms with van der Waals surface area (Å²) in [5, 5.41) is 13.3. The van der Waals surface area contributed by atoms with E-state index < -0.39 is 0 Å². The second-order valence-corrected chi connectivity index (χ2v) is 3.37. The van der Waals surface area contributed by atoms with Crippen LogP contribution in [0.2, 0.25) is 0 Å². The van der Waals surface area contributed by atoms with E-state index in [1.807, 2.05) is 6.07 Å². The molecule has 0 fully saturated rings. The van der Waals surface area contributed by atoms with E-state index in [0.29, 0.717) is 30.9 Å². The lowest BCUT2D eigenvalue weighted by Gasteiger charge is -2.12. The maximum atomic E-state index is 9.84. The van der Waals surface area contributed by atoms with Gasteiger partial charge in [0.1, 0.15) is 0 Å². The minimum atomic E-state index is -0.00344. The monoisotopic (exact) mass is 237 g/mol. The van der Waals surface area contributed by atoms with Crippen LogP contribution < -0.4 is 9.47 Å². The van der Waals surface area contributed by atoms with Crippen molar-refractivity contribution in [1.82, 2.24) is 0 Å². The molecule has 0 unspecified atom stereocenters. The molecule has 0 bridgehead atoms. The van der Waals surface area contributed by atoms with Gasteiger partial charge in [0.2, 0.25) is 5.75 Å². The lowest BCUT2D eigenvalue weighted by molar-refractivity contribution is 0.337. The topological polar surface area (TPSA) is 87.5 Å². The lowest BCUT2D eigenvalue weighted by atomic mass is 10.1. The summed E-state index contributed by atoms with van der Waals surface area (Å²) < 4.78 is 10.1. The fraction of sp³-hybridized carbons (Fsp3) is 0.455. The van der Waals surface area contributed by atoms with Crippen molar-refractivity contribution in [3.63, 3.8) is 0 Å². The van der Waals surface area contributed by atoms with Crippen molar-refractivity contribution in [1.29, 1.82) is 0 Å². The number of hydrogen-bond donors (Lipinski definition) is 1. The number of phenolic OH excluding ortho intramolecular Hbond substituents is 1. The van der Waals surface area contributed by atoms with Gasteiger partial charge >= 0.3 is 0 Å². The number of ether oxygens (including phenoxy) is 2. The van der Waals surface area contributed by atoms with E-state index in [2.05, 4.69) is 10.0 Å². The lowest BCUT2D eigenvalue weighted by Crippen LogP contribution is -1.96. The highest BCUT2D eigenvalue weighted by Gasteiger charge is 2.13. The molecular weight excluding hydrogens is 222 g/mol. The highest BCUT2D eigenvalue weighted by Crippen LogP contribution is 2.39. The van der Waals surface area contributed by atoms with Crippen molar-refractivity contribution in [2.24, 2.45) is 5.11 Å². The number of nitrogens with zero attached hydrogens (tertiary/aromatic N) is 3. The molecule has 0 aliphatic heterocycles. The Morgan fingerprint density at radius 1 is 1.35 bits per heavy atom. The summed E-state index contributed by atoms with van der Waals surface area (Å²) in [6.07, 6.45) is 1.37. The van der Waals surface area contributed by atoms with E-state index in [-0.39, 0.29) is 5.75 Å². The molecule has 0 aliphatic carbocycles. The first kappa shape index (κ1) is 13.0. The van der Waals surface area contributed by atoms with Gasteiger partial charge in [-0.2, -0.15) is 0 Å². The minimum absolute atomic E-state index is 0.00344. The van der Waals surface area contributed by atoms with Crippen molar-refractivity contribution in [3.05, 3.63) is 28.1 Å². The van der Waals surface area contributed by atoms with Gasteiger partial charge in [-0.05, 0) is 30.0 Å². The molecule has 0 heterocycles. The zero-order valence-electron chi connectivity index (χ0n) is 9.88. The van der Waals surface area contributed by atoms with E-state index in [0.717, 1.165) is 5.56 Å². The fourth-order valence-electron chi connectivity index (χ4n) is 1.57. The van der Waals surface area contributed by atoms with Gasteiger partial charge in [0.05, 0.1) is 14.2 Å². The quantitative estimate of drug-likeness (QED) is 0.357. The highest BCUT2D eigenvalue weighted by atomic mass is 16.5. The number of phenols is 1. The predicted molar refractivity (Wildman–Crippen MR) is 63.5 cm³/mol. The van der Waals surface area contributed by atoms with Crippen LogP contribution in [0.4, 0.5) is 0 Å². The van der Waals surface area contributed by atoms with Crippen molar-refractivity contribution < 1.29 is 14.6 Å². The van der Waals surface area contributed by atoms with Crippen LogP contribution >= 0.6 is 0 Å². The molecule has 0 aliphatic rings. The number of rotatable bonds is 6. The van der Waals surface area contributed by atoms with E-state index in [4.69, 9.17) is 15.0 Å². The summed E-state index contributed by atoms with van der Waals surface area (Å²) in [5.74, 6) is 0.780. The van der Waals surface area contributed by atoms with Gasteiger partial charge in [-0.3, -0.25) is 0 Å². The first-order valence-corrected chi connectivity index (χ1v) is 5.18. The van der Waals surface area contributed by atoms with Crippen LogP contribution in [-0.2, 0) is 6.42 Å².